The minimum Gasteiger partial charge on any atom is -0.494 e. The minimum atomic E-state index is 0.0175. The van der Waals surface area contributed by atoms with Gasteiger partial charge in [-0.3, -0.25) is 4.79 Å². The van der Waals surface area contributed by atoms with Crippen LogP contribution in [0.15, 0.2) is 51.8 Å². The number of carbonyl (C=O) groups excluding carboxylic acids is 1. The highest BCUT2D eigenvalue weighted by Gasteiger charge is 2.12. The summed E-state index contributed by atoms with van der Waals surface area (Å²) in [5.41, 5.74) is 0.673. The second kappa shape index (κ2) is 17.9. The van der Waals surface area contributed by atoms with Gasteiger partial charge in [0.25, 0.3) is 0 Å². The summed E-state index contributed by atoms with van der Waals surface area (Å²) in [6, 6.07) is 13.3. The maximum Gasteiger partial charge on any atom is 0.224 e. The number of ether oxygens (including phenoxy) is 2. The van der Waals surface area contributed by atoms with Gasteiger partial charge in [0.05, 0.1) is 13.2 Å². The first-order valence-electron chi connectivity index (χ1n) is 13.0. The molecule has 2 aromatic rings. The van der Waals surface area contributed by atoms with Gasteiger partial charge in [-0.2, -0.15) is 0 Å². The Morgan fingerprint density at radius 3 is 1.76 bits per heavy atom. The number of carbonyl (C=O) groups is 1. The number of hydrogen-bond donors (Lipinski definition) is 0. The SMILES string of the molecule is CCCCCCCCOc1ccc(C(=O)Sc2ccc(OCCCCCCCC)cc2Br)cc1. The number of rotatable bonds is 18. The van der Waals surface area contributed by atoms with Gasteiger partial charge in [-0.25, -0.2) is 0 Å². The molecule has 0 fully saturated rings. The molecule has 0 aliphatic rings. The van der Waals surface area contributed by atoms with Crippen LogP contribution in [-0.2, 0) is 0 Å². The van der Waals surface area contributed by atoms with Crippen molar-refractivity contribution in [2.45, 2.75) is 95.8 Å². The second-order valence-corrected chi connectivity index (χ2v) is 10.6. The fourth-order valence-corrected chi connectivity index (χ4v) is 4.99. The summed E-state index contributed by atoms with van der Waals surface area (Å²) in [5.74, 6) is 1.66. The number of benzene rings is 2. The van der Waals surface area contributed by atoms with Crippen LogP contribution in [0, 0.1) is 0 Å². The van der Waals surface area contributed by atoms with E-state index >= 15 is 0 Å². The highest BCUT2D eigenvalue weighted by atomic mass is 79.9. The molecule has 0 N–H and O–H groups in total. The molecule has 0 spiro atoms. The zero-order chi connectivity index (χ0) is 24.4. The molecule has 5 heteroatoms. The Bertz CT molecular complexity index is 823. The molecule has 0 saturated carbocycles. The third kappa shape index (κ3) is 11.8. The monoisotopic (exact) mass is 548 g/mol. The molecular formula is C29H41BrO3S. The van der Waals surface area contributed by atoms with Gasteiger partial charge in [-0.15, -0.1) is 0 Å². The average Bonchev–Trinajstić information content (AvgIpc) is 2.85. The number of halogens is 1. The second-order valence-electron chi connectivity index (χ2n) is 8.74. The lowest BCUT2D eigenvalue weighted by molar-refractivity contribution is 0.108. The van der Waals surface area contributed by atoms with Crippen LogP contribution in [0.4, 0.5) is 0 Å². The van der Waals surface area contributed by atoms with Crippen molar-refractivity contribution in [2.24, 2.45) is 0 Å². The third-order valence-corrected chi connectivity index (χ3v) is 7.64. The topological polar surface area (TPSA) is 35.5 Å². The zero-order valence-corrected chi connectivity index (χ0v) is 23.4. The van der Waals surface area contributed by atoms with Gasteiger partial charge >= 0.3 is 0 Å². The molecule has 0 saturated heterocycles. The van der Waals surface area contributed by atoms with Gasteiger partial charge in [-0.1, -0.05) is 78.1 Å². The van der Waals surface area contributed by atoms with Gasteiger partial charge in [0.1, 0.15) is 11.5 Å². The van der Waals surface area contributed by atoms with Gasteiger partial charge in [-0.05, 0) is 83.0 Å². The molecule has 0 amide bonds. The number of thioether (sulfide) groups is 1. The lowest BCUT2D eigenvalue weighted by Gasteiger charge is -2.10. The van der Waals surface area contributed by atoms with Gasteiger partial charge in [0.2, 0.25) is 5.12 Å². The quantitative estimate of drug-likeness (QED) is 0.137. The molecule has 0 atom stereocenters. The largest absolute Gasteiger partial charge is 0.494 e. The van der Waals surface area contributed by atoms with Crippen molar-refractivity contribution in [1.29, 1.82) is 0 Å². The molecule has 188 valence electrons. The lowest BCUT2D eigenvalue weighted by atomic mass is 10.1. The Morgan fingerprint density at radius 1 is 0.706 bits per heavy atom. The van der Waals surface area contributed by atoms with E-state index in [4.69, 9.17) is 9.47 Å². The molecule has 0 unspecified atom stereocenters. The van der Waals surface area contributed by atoms with Gasteiger partial charge < -0.3 is 9.47 Å². The molecule has 0 heterocycles. The van der Waals surface area contributed by atoms with Crippen LogP contribution in [-0.4, -0.2) is 18.3 Å². The van der Waals surface area contributed by atoms with Gasteiger partial charge in [0, 0.05) is 14.9 Å². The molecule has 0 bridgehead atoms. The Kier molecular flexibility index (Phi) is 15.1. The van der Waals surface area contributed by atoms with Crippen molar-refractivity contribution < 1.29 is 14.3 Å². The van der Waals surface area contributed by atoms with Gasteiger partial charge in [0.15, 0.2) is 0 Å². The van der Waals surface area contributed by atoms with Crippen LogP contribution in [0.2, 0.25) is 0 Å². The smallest absolute Gasteiger partial charge is 0.224 e. The fourth-order valence-electron chi connectivity index (χ4n) is 3.64. The summed E-state index contributed by atoms with van der Waals surface area (Å²) in [5, 5.41) is 0.0175. The molecule has 3 nitrogen and oxygen atoms in total. The van der Waals surface area contributed by atoms with Crippen LogP contribution in [0.5, 0.6) is 11.5 Å². The molecular weight excluding hydrogens is 508 g/mol. The van der Waals surface area contributed by atoms with Crippen LogP contribution >= 0.6 is 27.7 Å². The Labute approximate surface area is 219 Å². The van der Waals surface area contributed by atoms with Crippen molar-refractivity contribution in [2.75, 3.05) is 13.2 Å². The summed E-state index contributed by atoms with van der Waals surface area (Å²) in [6.07, 6.45) is 15.0. The lowest BCUT2D eigenvalue weighted by Crippen LogP contribution is -1.99. The van der Waals surface area contributed by atoms with Crippen LogP contribution in [0.3, 0.4) is 0 Å². The first-order valence-corrected chi connectivity index (χ1v) is 14.6. The van der Waals surface area contributed by atoms with Crippen LogP contribution in [0.1, 0.15) is 101 Å². The number of unbranched alkanes of at least 4 members (excludes halogenated alkanes) is 10. The standard InChI is InChI=1S/C29H41BrO3S/c1-3-5-7-9-11-13-21-32-25-17-15-24(16-18-25)29(31)34-28-20-19-26(23-27(28)30)33-22-14-12-10-8-6-4-2/h15-20,23H,3-14,21-22H2,1-2H3. The van der Waals surface area contributed by atoms with Crippen molar-refractivity contribution >= 4 is 32.8 Å². The van der Waals surface area contributed by atoms with Crippen molar-refractivity contribution in [3.05, 3.63) is 52.5 Å². The van der Waals surface area contributed by atoms with E-state index in [2.05, 4.69) is 29.8 Å². The Balaban J connectivity index is 1.72. The summed E-state index contributed by atoms with van der Waals surface area (Å²) in [7, 11) is 0. The molecule has 0 radical (unpaired) electrons. The normalized spacial score (nSPS) is 10.9. The average molecular weight is 550 g/mol. The molecule has 0 aromatic heterocycles. The highest BCUT2D eigenvalue weighted by molar-refractivity contribution is 9.10. The summed E-state index contributed by atoms with van der Waals surface area (Å²) in [4.78, 5) is 13.6. The number of hydrogen-bond acceptors (Lipinski definition) is 4. The van der Waals surface area contributed by atoms with E-state index < -0.39 is 0 Å². The first-order chi connectivity index (χ1) is 16.6. The van der Waals surface area contributed by atoms with Crippen molar-refractivity contribution in [3.8, 4) is 11.5 Å². The molecule has 0 aliphatic carbocycles. The Morgan fingerprint density at radius 2 is 1.21 bits per heavy atom. The highest BCUT2D eigenvalue weighted by Crippen LogP contribution is 2.33. The maximum absolute atomic E-state index is 12.7. The van der Waals surface area contributed by atoms with Crippen LogP contribution < -0.4 is 9.47 Å². The van der Waals surface area contributed by atoms with E-state index in [-0.39, 0.29) is 5.12 Å². The third-order valence-electron chi connectivity index (χ3n) is 5.73. The Hall–Kier alpha value is -1.46. The summed E-state index contributed by atoms with van der Waals surface area (Å²) >= 11 is 4.82. The predicted octanol–water partition coefficient (Wildman–Crippen LogP) is 9.86. The van der Waals surface area contributed by atoms with E-state index in [0.717, 1.165) is 46.9 Å². The van der Waals surface area contributed by atoms with E-state index in [1.807, 2.05) is 42.5 Å². The molecule has 0 aliphatic heterocycles. The maximum atomic E-state index is 12.7. The molecule has 34 heavy (non-hydrogen) atoms. The fraction of sp³-hybridized carbons (Fsp3) is 0.552. The first kappa shape index (κ1) is 28.8. The minimum absolute atomic E-state index is 0.0175. The van der Waals surface area contributed by atoms with Crippen molar-refractivity contribution in [1.82, 2.24) is 0 Å². The predicted molar refractivity (Wildman–Crippen MR) is 149 cm³/mol. The molecule has 2 rings (SSSR count). The molecule has 2 aromatic carbocycles. The zero-order valence-electron chi connectivity index (χ0n) is 21.0. The van der Waals surface area contributed by atoms with Crippen LogP contribution in [0.25, 0.3) is 0 Å². The van der Waals surface area contributed by atoms with Crippen molar-refractivity contribution in [3.63, 3.8) is 0 Å². The van der Waals surface area contributed by atoms with E-state index in [1.165, 1.54) is 76.0 Å². The van der Waals surface area contributed by atoms with E-state index in [0.29, 0.717) is 5.56 Å². The summed E-state index contributed by atoms with van der Waals surface area (Å²) < 4.78 is 12.6. The van der Waals surface area contributed by atoms with E-state index in [1.54, 1.807) is 0 Å². The van der Waals surface area contributed by atoms with E-state index in [9.17, 15) is 4.79 Å². The summed E-state index contributed by atoms with van der Waals surface area (Å²) in [6.45, 7) is 5.93.